The van der Waals surface area contributed by atoms with Gasteiger partial charge in [-0.3, -0.25) is 9.58 Å². The molecule has 0 aromatic carbocycles. The van der Waals surface area contributed by atoms with Crippen LogP contribution in [-0.4, -0.2) is 41.4 Å². The molecule has 1 aromatic heterocycles. The zero-order valence-corrected chi connectivity index (χ0v) is 11.0. The summed E-state index contributed by atoms with van der Waals surface area (Å²) in [5, 5.41) is 7.46. The standard InChI is InChI=1S/C13H24N4/c1-14-7-3-12-5-9-17(10-6-12)11-13-4-8-15-16(13)2/h4,8,12,14H,3,5-7,9-11H2,1-2H3. The van der Waals surface area contributed by atoms with Gasteiger partial charge in [0.2, 0.25) is 0 Å². The molecule has 4 nitrogen and oxygen atoms in total. The highest BCUT2D eigenvalue weighted by Gasteiger charge is 2.19. The van der Waals surface area contributed by atoms with Crippen LogP contribution in [0.3, 0.4) is 0 Å². The van der Waals surface area contributed by atoms with E-state index in [0.29, 0.717) is 0 Å². The number of hydrogen-bond acceptors (Lipinski definition) is 3. The second-order valence-corrected chi connectivity index (χ2v) is 5.06. The SMILES string of the molecule is CNCCC1CCN(Cc2ccnn2C)CC1. The van der Waals surface area contributed by atoms with Gasteiger partial charge in [-0.05, 0) is 57.9 Å². The molecule has 0 spiro atoms. The maximum Gasteiger partial charge on any atom is 0.0521 e. The van der Waals surface area contributed by atoms with Gasteiger partial charge in [-0.15, -0.1) is 0 Å². The van der Waals surface area contributed by atoms with Gasteiger partial charge in [0.05, 0.1) is 5.69 Å². The maximum absolute atomic E-state index is 4.22. The minimum absolute atomic E-state index is 0.922. The number of aromatic nitrogens is 2. The van der Waals surface area contributed by atoms with Crippen molar-refractivity contribution in [1.82, 2.24) is 20.0 Å². The second-order valence-electron chi connectivity index (χ2n) is 5.06. The van der Waals surface area contributed by atoms with Gasteiger partial charge in [0.25, 0.3) is 0 Å². The number of nitrogens with zero attached hydrogens (tertiary/aromatic N) is 3. The Labute approximate surface area is 104 Å². The third kappa shape index (κ3) is 3.54. The van der Waals surface area contributed by atoms with E-state index in [1.54, 1.807) is 0 Å². The third-order valence-electron chi connectivity index (χ3n) is 3.82. The third-order valence-corrected chi connectivity index (χ3v) is 3.82. The van der Waals surface area contributed by atoms with E-state index < -0.39 is 0 Å². The van der Waals surface area contributed by atoms with Gasteiger partial charge >= 0.3 is 0 Å². The highest BCUT2D eigenvalue weighted by Crippen LogP contribution is 2.21. The largest absolute Gasteiger partial charge is 0.320 e. The normalized spacial score (nSPS) is 18.7. The molecule has 1 aliphatic heterocycles. The quantitative estimate of drug-likeness (QED) is 0.835. The summed E-state index contributed by atoms with van der Waals surface area (Å²) in [4.78, 5) is 2.55. The Balaban J connectivity index is 1.74. The van der Waals surface area contributed by atoms with Crippen molar-refractivity contribution in [2.45, 2.75) is 25.8 Å². The Hall–Kier alpha value is -0.870. The molecule has 1 N–H and O–H groups in total. The van der Waals surface area contributed by atoms with Crippen LogP contribution in [0.1, 0.15) is 25.0 Å². The second kappa shape index (κ2) is 6.17. The average Bonchev–Trinajstić information content (AvgIpc) is 2.74. The molecule has 1 fully saturated rings. The van der Waals surface area contributed by atoms with Crippen LogP contribution in [0.4, 0.5) is 0 Å². The molecule has 0 amide bonds. The Morgan fingerprint density at radius 1 is 1.41 bits per heavy atom. The molecular formula is C13H24N4. The summed E-state index contributed by atoms with van der Waals surface area (Å²) in [6.07, 6.45) is 5.91. The molecule has 4 heteroatoms. The van der Waals surface area contributed by atoms with Gasteiger partial charge in [-0.2, -0.15) is 5.10 Å². The first kappa shape index (κ1) is 12.6. The molecule has 1 saturated heterocycles. The molecule has 17 heavy (non-hydrogen) atoms. The van der Waals surface area contributed by atoms with E-state index in [1.165, 1.54) is 38.0 Å². The molecule has 0 radical (unpaired) electrons. The summed E-state index contributed by atoms with van der Waals surface area (Å²) in [5.41, 5.74) is 1.32. The van der Waals surface area contributed by atoms with Crippen LogP contribution in [0.25, 0.3) is 0 Å². The Bertz CT molecular complexity index is 326. The van der Waals surface area contributed by atoms with Crippen molar-refractivity contribution < 1.29 is 0 Å². The topological polar surface area (TPSA) is 33.1 Å². The molecular weight excluding hydrogens is 212 g/mol. The zero-order valence-electron chi connectivity index (χ0n) is 11.0. The van der Waals surface area contributed by atoms with E-state index in [9.17, 15) is 0 Å². The number of piperidine rings is 1. The average molecular weight is 236 g/mol. The lowest BCUT2D eigenvalue weighted by molar-refractivity contribution is 0.169. The number of nitrogens with one attached hydrogen (secondary N) is 1. The van der Waals surface area contributed by atoms with Crippen molar-refractivity contribution in [3.63, 3.8) is 0 Å². The number of rotatable bonds is 5. The molecule has 0 atom stereocenters. The summed E-state index contributed by atoms with van der Waals surface area (Å²) in [6.45, 7) is 4.68. The van der Waals surface area contributed by atoms with Gasteiger partial charge < -0.3 is 5.32 Å². The maximum atomic E-state index is 4.22. The number of likely N-dealkylation sites (tertiary alicyclic amines) is 1. The van der Waals surface area contributed by atoms with E-state index in [1.807, 2.05) is 25.0 Å². The summed E-state index contributed by atoms with van der Waals surface area (Å²) < 4.78 is 1.98. The van der Waals surface area contributed by atoms with Crippen molar-refractivity contribution >= 4 is 0 Å². The molecule has 0 unspecified atom stereocenters. The van der Waals surface area contributed by atoms with Crippen LogP contribution in [0, 0.1) is 5.92 Å². The van der Waals surface area contributed by atoms with E-state index in [0.717, 1.165) is 19.0 Å². The van der Waals surface area contributed by atoms with Crippen LogP contribution in [0.2, 0.25) is 0 Å². The van der Waals surface area contributed by atoms with Gasteiger partial charge in [0, 0.05) is 19.8 Å². The fourth-order valence-corrected chi connectivity index (χ4v) is 2.57. The van der Waals surface area contributed by atoms with Crippen LogP contribution < -0.4 is 5.32 Å². The number of aryl methyl sites for hydroxylation is 1. The molecule has 0 bridgehead atoms. The molecule has 0 saturated carbocycles. The summed E-state index contributed by atoms with van der Waals surface area (Å²) >= 11 is 0. The lowest BCUT2D eigenvalue weighted by atomic mass is 9.93. The van der Waals surface area contributed by atoms with E-state index in [2.05, 4.69) is 21.4 Å². The summed E-state index contributed by atoms with van der Waals surface area (Å²) in [7, 11) is 4.06. The van der Waals surface area contributed by atoms with Gasteiger partial charge in [-0.25, -0.2) is 0 Å². The van der Waals surface area contributed by atoms with Crippen molar-refractivity contribution in [2.24, 2.45) is 13.0 Å². The van der Waals surface area contributed by atoms with Crippen LogP contribution in [0.15, 0.2) is 12.3 Å². The van der Waals surface area contributed by atoms with E-state index in [4.69, 9.17) is 0 Å². The predicted molar refractivity (Wildman–Crippen MR) is 69.8 cm³/mol. The lowest BCUT2D eigenvalue weighted by Gasteiger charge is -2.31. The first-order valence-electron chi connectivity index (χ1n) is 6.63. The van der Waals surface area contributed by atoms with Gasteiger partial charge in [0.15, 0.2) is 0 Å². The van der Waals surface area contributed by atoms with Gasteiger partial charge in [-0.1, -0.05) is 0 Å². The molecule has 0 aliphatic carbocycles. The number of hydrogen-bond donors (Lipinski definition) is 1. The molecule has 2 heterocycles. The Kier molecular flexibility index (Phi) is 4.57. The predicted octanol–water partition coefficient (Wildman–Crippen LogP) is 1.24. The van der Waals surface area contributed by atoms with Gasteiger partial charge in [0.1, 0.15) is 0 Å². The first-order chi connectivity index (χ1) is 8.29. The monoisotopic (exact) mass is 236 g/mol. The Morgan fingerprint density at radius 3 is 2.76 bits per heavy atom. The summed E-state index contributed by atoms with van der Waals surface area (Å²) in [6, 6.07) is 2.12. The van der Waals surface area contributed by atoms with E-state index >= 15 is 0 Å². The minimum atomic E-state index is 0.922. The van der Waals surface area contributed by atoms with Crippen LogP contribution in [-0.2, 0) is 13.6 Å². The zero-order chi connectivity index (χ0) is 12.1. The first-order valence-corrected chi connectivity index (χ1v) is 6.63. The van der Waals surface area contributed by atoms with Crippen LogP contribution >= 0.6 is 0 Å². The smallest absolute Gasteiger partial charge is 0.0521 e. The highest BCUT2D eigenvalue weighted by atomic mass is 15.3. The van der Waals surface area contributed by atoms with Crippen molar-refractivity contribution in [3.05, 3.63) is 18.0 Å². The van der Waals surface area contributed by atoms with Crippen molar-refractivity contribution in [1.29, 1.82) is 0 Å². The molecule has 96 valence electrons. The van der Waals surface area contributed by atoms with E-state index in [-0.39, 0.29) is 0 Å². The molecule has 1 aromatic rings. The Morgan fingerprint density at radius 2 is 2.18 bits per heavy atom. The molecule has 1 aliphatic rings. The van der Waals surface area contributed by atoms with Crippen molar-refractivity contribution in [2.75, 3.05) is 26.7 Å². The highest BCUT2D eigenvalue weighted by molar-refractivity contribution is 4.99. The lowest BCUT2D eigenvalue weighted by Crippen LogP contribution is -2.34. The fraction of sp³-hybridized carbons (Fsp3) is 0.769. The fourth-order valence-electron chi connectivity index (χ4n) is 2.57. The van der Waals surface area contributed by atoms with Crippen molar-refractivity contribution in [3.8, 4) is 0 Å². The van der Waals surface area contributed by atoms with Crippen LogP contribution in [0.5, 0.6) is 0 Å². The summed E-state index contributed by atoms with van der Waals surface area (Å²) in [5.74, 6) is 0.922. The molecule has 2 rings (SSSR count). The minimum Gasteiger partial charge on any atom is -0.320 e.